The summed E-state index contributed by atoms with van der Waals surface area (Å²) in [6.07, 6.45) is 0.933. The van der Waals surface area contributed by atoms with Gasteiger partial charge in [-0.15, -0.1) is 0 Å². The van der Waals surface area contributed by atoms with Crippen LogP contribution < -0.4 is 0 Å². The van der Waals surface area contributed by atoms with Crippen LogP contribution in [0.4, 0.5) is 0 Å². The molecule has 1 aliphatic heterocycles. The Morgan fingerprint density at radius 2 is 1.79 bits per heavy atom. The van der Waals surface area contributed by atoms with Crippen LogP contribution in [0.1, 0.15) is 31.4 Å². The minimum atomic E-state index is -3.24. The minimum Gasteiger partial charge on any atom is -0.392 e. The second-order valence-electron chi connectivity index (χ2n) is 5.49. The number of rotatable bonds is 4. The molecule has 0 radical (unpaired) electrons. The lowest BCUT2D eigenvalue weighted by atomic mass is 10.1. The SMILES string of the molecule is CC1CC(C)N(S(=O)(=O)Cc2ccc(CO)cc2)C1. The molecule has 1 fully saturated rings. The molecule has 0 aliphatic carbocycles. The predicted molar refractivity (Wildman–Crippen MR) is 74.9 cm³/mol. The Labute approximate surface area is 115 Å². The molecule has 2 rings (SSSR count). The molecule has 0 aromatic heterocycles. The van der Waals surface area contributed by atoms with E-state index < -0.39 is 10.0 Å². The molecule has 2 unspecified atom stereocenters. The lowest BCUT2D eigenvalue weighted by molar-refractivity contribution is 0.282. The van der Waals surface area contributed by atoms with E-state index >= 15 is 0 Å². The maximum atomic E-state index is 12.4. The summed E-state index contributed by atoms with van der Waals surface area (Å²) in [5.41, 5.74) is 1.56. The first-order valence-electron chi connectivity index (χ1n) is 6.60. The van der Waals surface area contributed by atoms with Gasteiger partial charge >= 0.3 is 0 Å². The zero-order valence-electron chi connectivity index (χ0n) is 11.4. The normalized spacial score (nSPS) is 24.8. The zero-order valence-corrected chi connectivity index (χ0v) is 12.2. The van der Waals surface area contributed by atoms with E-state index in [0.717, 1.165) is 17.5 Å². The average Bonchev–Trinajstić information content (AvgIpc) is 2.70. The van der Waals surface area contributed by atoms with Crippen LogP contribution in [0.2, 0.25) is 0 Å². The number of hydrogen-bond acceptors (Lipinski definition) is 3. The molecule has 106 valence electrons. The van der Waals surface area contributed by atoms with E-state index in [9.17, 15) is 8.42 Å². The number of hydrogen-bond donors (Lipinski definition) is 1. The van der Waals surface area contributed by atoms with Crippen LogP contribution in [0.5, 0.6) is 0 Å². The van der Waals surface area contributed by atoms with Gasteiger partial charge in [-0.25, -0.2) is 8.42 Å². The first kappa shape index (κ1) is 14.5. The van der Waals surface area contributed by atoms with Crippen molar-refractivity contribution in [1.29, 1.82) is 0 Å². The number of nitrogens with zero attached hydrogens (tertiary/aromatic N) is 1. The van der Waals surface area contributed by atoms with Gasteiger partial charge in [-0.2, -0.15) is 4.31 Å². The van der Waals surface area contributed by atoms with E-state index in [-0.39, 0.29) is 18.4 Å². The summed E-state index contributed by atoms with van der Waals surface area (Å²) in [6, 6.07) is 7.17. The molecule has 1 aromatic rings. The Hall–Kier alpha value is -0.910. The summed E-state index contributed by atoms with van der Waals surface area (Å²) >= 11 is 0. The highest BCUT2D eigenvalue weighted by atomic mass is 32.2. The highest BCUT2D eigenvalue weighted by Crippen LogP contribution is 2.27. The number of aliphatic hydroxyl groups is 1. The van der Waals surface area contributed by atoms with Gasteiger partial charge in [0.2, 0.25) is 10.0 Å². The third-order valence-corrected chi connectivity index (χ3v) is 5.56. The molecular weight excluding hydrogens is 262 g/mol. The van der Waals surface area contributed by atoms with Gasteiger partial charge in [0.25, 0.3) is 0 Å². The van der Waals surface area contributed by atoms with Crippen molar-refractivity contribution in [2.75, 3.05) is 6.54 Å². The van der Waals surface area contributed by atoms with Gasteiger partial charge in [0, 0.05) is 12.6 Å². The standard InChI is InChI=1S/C14H21NO3S/c1-11-7-12(2)15(8-11)19(17,18)10-14-5-3-13(9-16)4-6-14/h3-6,11-12,16H,7-10H2,1-2H3. The largest absolute Gasteiger partial charge is 0.392 e. The molecule has 1 aliphatic rings. The van der Waals surface area contributed by atoms with Crippen LogP contribution in [0.25, 0.3) is 0 Å². The molecule has 5 heteroatoms. The number of benzene rings is 1. The monoisotopic (exact) mass is 283 g/mol. The maximum absolute atomic E-state index is 12.4. The van der Waals surface area contributed by atoms with E-state index in [0.29, 0.717) is 12.5 Å². The van der Waals surface area contributed by atoms with Crippen molar-refractivity contribution >= 4 is 10.0 Å². The van der Waals surface area contributed by atoms with Crippen molar-refractivity contribution in [1.82, 2.24) is 4.31 Å². The topological polar surface area (TPSA) is 57.6 Å². The zero-order chi connectivity index (χ0) is 14.0. The predicted octanol–water partition coefficient (Wildman–Crippen LogP) is 1.74. The van der Waals surface area contributed by atoms with E-state index in [1.807, 2.05) is 6.92 Å². The quantitative estimate of drug-likeness (QED) is 0.915. The third kappa shape index (κ3) is 3.35. The molecule has 1 aromatic carbocycles. The fraction of sp³-hybridized carbons (Fsp3) is 0.571. The summed E-state index contributed by atoms with van der Waals surface area (Å²) in [5.74, 6) is 0.469. The van der Waals surface area contributed by atoms with Crippen molar-refractivity contribution in [2.24, 2.45) is 5.92 Å². The molecule has 2 atom stereocenters. The Bertz CT molecular complexity index is 524. The van der Waals surface area contributed by atoms with Crippen molar-refractivity contribution in [2.45, 2.75) is 38.7 Å². The van der Waals surface area contributed by atoms with Gasteiger partial charge in [0.05, 0.1) is 12.4 Å². The van der Waals surface area contributed by atoms with Crippen LogP contribution in [-0.4, -0.2) is 30.4 Å². The summed E-state index contributed by atoms with van der Waals surface area (Å²) in [6.45, 7) is 4.66. The van der Waals surface area contributed by atoms with Crippen molar-refractivity contribution in [3.05, 3.63) is 35.4 Å². The van der Waals surface area contributed by atoms with Crippen LogP contribution >= 0.6 is 0 Å². The van der Waals surface area contributed by atoms with Crippen molar-refractivity contribution in [3.63, 3.8) is 0 Å². The summed E-state index contributed by atoms with van der Waals surface area (Å²) in [7, 11) is -3.24. The van der Waals surface area contributed by atoms with Gasteiger partial charge in [0.15, 0.2) is 0 Å². The number of aliphatic hydroxyl groups excluding tert-OH is 1. The Morgan fingerprint density at radius 3 is 2.26 bits per heavy atom. The second kappa shape index (κ2) is 5.61. The fourth-order valence-corrected chi connectivity index (χ4v) is 4.58. The molecule has 19 heavy (non-hydrogen) atoms. The fourth-order valence-electron chi connectivity index (χ4n) is 2.68. The minimum absolute atomic E-state index is 0.0201. The second-order valence-corrected chi connectivity index (χ2v) is 7.41. The highest BCUT2D eigenvalue weighted by molar-refractivity contribution is 7.88. The van der Waals surface area contributed by atoms with E-state index in [1.165, 1.54) is 0 Å². The van der Waals surface area contributed by atoms with E-state index in [4.69, 9.17) is 5.11 Å². The Balaban J connectivity index is 2.12. The first-order chi connectivity index (χ1) is 8.92. The third-order valence-electron chi connectivity index (χ3n) is 3.64. The van der Waals surface area contributed by atoms with Crippen LogP contribution in [0.15, 0.2) is 24.3 Å². The molecule has 1 heterocycles. The molecule has 0 spiro atoms. The summed E-state index contributed by atoms with van der Waals surface area (Å²) in [5, 5.41) is 8.97. The van der Waals surface area contributed by atoms with Crippen LogP contribution in [0.3, 0.4) is 0 Å². The highest BCUT2D eigenvalue weighted by Gasteiger charge is 2.34. The Morgan fingerprint density at radius 1 is 1.21 bits per heavy atom. The van der Waals surface area contributed by atoms with E-state index in [1.54, 1.807) is 28.6 Å². The number of sulfonamides is 1. The molecule has 0 amide bonds. The van der Waals surface area contributed by atoms with Crippen LogP contribution in [0, 0.1) is 5.92 Å². The summed E-state index contributed by atoms with van der Waals surface area (Å²) < 4.78 is 26.4. The molecule has 1 N–H and O–H groups in total. The van der Waals surface area contributed by atoms with Gasteiger partial charge < -0.3 is 5.11 Å². The molecule has 0 bridgehead atoms. The van der Waals surface area contributed by atoms with Crippen molar-refractivity contribution < 1.29 is 13.5 Å². The van der Waals surface area contributed by atoms with Gasteiger partial charge in [-0.05, 0) is 30.4 Å². The van der Waals surface area contributed by atoms with E-state index in [2.05, 4.69) is 6.92 Å². The average molecular weight is 283 g/mol. The van der Waals surface area contributed by atoms with Crippen LogP contribution in [-0.2, 0) is 22.4 Å². The van der Waals surface area contributed by atoms with Gasteiger partial charge in [-0.1, -0.05) is 31.2 Å². The smallest absolute Gasteiger partial charge is 0.218 e. The lowest BCUT2D eigenvalue weighted by Crippen LogP contribution is -2.34. The van der Waals surface area contributed by atoms with Crippen molar-refractivity contribution in [3.8, 4) is 0 Å². The van der Waals surface area contributed by atoms with Gasteiger partial charge in [0.1, 0.15) is 0 Å². The molecule has 1 saturated heterocycles. The summed E-state index contributed by atoms with van der Waals surface area (Å²) in [4.78, 5) is 0. The lowest BCUT2D eigenvalue weighted by Gasteiger charge is -2.21. The maximum Gasteiger partial charge on any atom is 0.218 e. The molecular formula is C14H21NO3S. The molecule has 0 saturated carbocycles. The molecule has 4 nitrogen and oxygen atoms in total. The first-order valence-corrected chi connectivity index (χ1v) is 8.21. The van der Waals surface area contributed by atoms with Gasteiger partial charge in [-0.3, -0.25) is 0 Å². The Kier molecular flexibility index (Phi) is 4.28.